The summed E-state index contributed by atoms with van der Waals surface area (Å²) in [4.78, 5) is 11.8. The van der Waals surface area contributed by atoms with Gasteiger partial charge >= 0.3 is 0 Å². The molecule has 7 heteroatoms. The Balaban J connectivity index is 2.55. The molecule has 1 aromatic rings. The van der Waals surface area contributed by atoms with Crippen LogP contribution in [0, 0.1) is 0 Å². The van der Waals surface area contributed by atoms with Crippen LogP contribution in [-0.4, -0.2) is 26.4 Å². The molecular weight excluding hydrogens is 344 g/mol. The van der Waals surface area contributed by atoms with Crippen LogP contribution < -0.4 is 10.0 Å². The third kappa shape index (κ3) is 6.02. The van der Waals surface area contributed by atoms with Crippen LogP contribution >= 0.6 is 15.9 Å². The summed E-state index contributed by atoms with van der Waals surface area (Å²) in [5.41, 5.74) is -0.319. The maximum absolute atomic E-state index is 12.0. The summed E-state index contributed by atoms with van der Waals surface area (Å²) >= 11 is 3.22. The minimum atomic E-state index is -3.58. The van der Waals surface area contributed by atoms with Gasteiger partial charge in [-0.3, -0.25) is 4.79 Å². The van der Waals surface area contributed by atoms with Gasteiger partial charge in [-0.2, -0.15) is 0 Å². The first-order valence-electron chi connectivity index (χ1n) is 6.16. The molecule has 1 rings (SSSR count). The van der Waals surface area contributed by atoms with E-state index in [1.54, 1.807) is 12.1 Å². The van der Waals surface area contributed by atoms with Crippen molar-refractivity contribution in [3.05, 3.63) is 28.7 Å². The molecule has 0 aliphatic heterocycles. The van der Waals surface area contributed by atoms with E-state index in [1.165, 1.54) is 12.1 Å². The van der Waals surface area contributed by atoms with E-state index < -0.39 is 10.0 Å². The van der Waals surface area contributed by atoms with Gasteiger partial charge in [0.25, 0.3) is 0 Å². The number of carbonyl (C=O) groups is 1. The Kier molecular flexibility index (Phi) is 5.73. The van der Waals surface area contributed by atoms with Gasteiger partial charge < -0.3 is 5.32 Å². The third-order valence-corrected chi connectivity index (χ3v) is 4.22. The first kappa shape index (κ1) is 17.1. The quantitative estimate of drug-likeness (QED) is 0.841. The lowest BCUT2D eigenvalue weighted by Crippen LogP contribution is -2.41. The second-order valence-corrected chi connectivity index (χ2v) is 8.09. The predicted molar refractivity (Wildman–Crippen MR) is 81.8 cm³/mol. The van der Waals surface area contributed by atoms with E-state index in [0.717, 1.165) is 0 Å². The van der Waals surface area contributed by atoms with Gasteiger partial charge in [0.05, 0.1) is 4.90 Å². The normalized spacial score (nSPS) is 12.2. The molecule has 0 saturated heterocycles. The highest BCUT2D eigenvalue weighted by Gasteiger charge is 2.16. The summed E-state index contributed by atoms with van der Waals surface area (Å²) in [5, 5.41) is 2.77. The fraction of sp³-hybridized carbons (Fsp3) is 0.462. The van der Waals surface area contributed by atoms with E-state index in [1.807, 2.05) is 20.8 Å². The van der Waals surface area contributed by atoms with Crippen molar-refractivity contribution in [2.45, 2.75) is 37.6 Å². The highest BCUT2D eigenvalue weighted by Crippen LogP contribution is 2.15. The number of amides is 1. The average molecular weight is 363 g/mol. The van der Waals surface area contributed by atoms with Crippen molar-refractivity contribution < 1.29 is 13.2 Å². The van der Waals surface area contributed by atoms with E-state index in [0.29, 0.717) is 4.47 Å². The molecule has 1 aromatic carbocycles. The first-order valence-corrected chi connectivity index (χ1v) is 8.44. The summed E-state index contributed by atoms with van der Waals surface area (Å²) in [6.45, 7) is 5.68. The molecule has 0 radical (unpaired) electrons. The Morgan fingerprint density at radius 3 is 2.50 bits per heavy atom. The lowest BCUT2D eigenvalue weighted by atomic mass is 10.1. The molecule has 5 nitrogen and oxygen atoms in total. The summed E-state index contributed by atoms with van der Waals surface area (Å²) in [6.07, 6.45) is 0.102. The molecule has 112 valence electrons. The number of halogens is 1. The smallest absolute Gasteiger partial charge is 0.240 e. The monoisotopic (exact) mass is 362 g/mol. The van der Waals surface area contributed by atoms with Crippen molar-refractivity contribution in [2.24, 2.45) is 0 Å². The van der Waals surface area contributed by atoms with Gasteiger partial charge in [0.1, 0.15) is 0 Å². The van der Waals surface area contributed by atoms with Crippen LogP contribution in [0.4, 0.5) is 0 Å². The molecule has 0 aliphatic rings. The molecule has 0 spiro atoms. The van der Waals surface area contributed by atoms with E-state index >= 15 is 0 Å². The van der Waals surface area contributed by atoms with Crippen LogP contribution in [0.1, 0.15) is 27.2 Å². The number of sulfonamides is 1. The molecule has 0 unspecified atom stereocenters. The summed E-state index contributed by atoms with van der Waals surface area (Å²) in [7, 11) is -3.58. The van der Waals surface area contributed by atoms with Gasteiger partial charge in [0.2, 0.25) is 15.9 Å². The second-order valence-electron chi connectivity index (χ2n) is 5.40. The minimum absolute atomic E-state index is 0.0662. The van der Waals surface area contributed by atoms with Crippen LogP contribution in [0.25, 0.3) is 0 Å². The molecule has 0 atom stereocenters. The van der Waals surface area contributed by atoms with Crippen LogP contribution in [0.5, 0.6) is 0 Å². The predicted octanol–water partition coefficient (Wildman–Crippen LogP) is 2.03. The lowest BCUT2D eigenvalue weighted by Gasteiger charge is -2.20. The Morgan fingerprint density at radius 2 is 1.95 bits per heavy atom. The highest BCUT2D eigenvalue weighted by atomic mass is 79.9. The fourth-order valence-electron chi connectivity index (χ4n) is 1.50. The molecule has 0 aromatic heterocycles. The zero-order valence-corrected chi connectivity index (χ0v) is 14.1. The van der Waals surface area contributed by atoms with Crippen LogP contribution in [-0.2, 0) is 14.8 Å². The lowest BCUT2D eigenvalue weighted by molar-refractivity contribution is -0.122. The molecule has 2 N–H and O–H groups in total. The van der Waals surface area contributed by atoms with E-state index in [4.69, 9.17) is 0 Å². The number of carbonyl (C=O) groups excluding carboxylic acids is 1. The van der Waals surface area contributed by atoms with Crippen molar-refractivity contribution in [1.29, 1.82) is 0 Å². The first-order chi connectivity index (χ1) is 9.10. The van der Waals surface area contributed by atoms with Crippen molar-refractivity contribution in [3.63, 3.8) is 0 Å². The SMILES string of the molecule is CC(C)(C)NC(=O)CCNS(=O)(=O)c1cccc(Br)c1. The molecule has 1 amide bonds. The number of hydrogen-bond acceptors (Lipinski definition) is 3. The van der Waals surface area contributed by atoms with Gasteiger partial charge in [0, 0.05) is 23.0 Å². The zero-order valence-electron chi connectivity index (χ0n) is 11.7. The number of benzene rings is 1. The number of hydrogen-bond donors (Lipinski definition) is 2. The molecule has 0 aliphatic carbocycles. The van der Waals surface area contributed by atoms with Crippen molar-refractivity contribution in [3.8, 4) is 0 Å². The van der Waals surface area contributed by atoms with E-state index in [9.17, 15) is 13.2 Å². The molecule has 0 heterocycles. The molecule has 0 bridgehead atoms. The Morgan fingerprint density at radius 1 is 1.30 bits per heavy atom. The topological polar surface area (TPSA) is 75.3 Å². The zero-order chi connectivity index (χ0) is 15.4. The molecule has 20 heavy (non-hydrogen) atoms. The summed E-state index contributed by atoms with van der Waals surface area (Å²) in [6, 6.07) is 6.40. The molecule has 0 fully saturated rings. The van der Waals surface area contributed by atoms with Gasteiger partial charge in [-0.15, -0.1) is 0 Å². The second kappa shape index (κ2) is 6.69. The van der Waals surface area contributed by atoms with Crippen LogP contribution in [0.2, 0.25) is 0 Å². The standard InChI is InChI=1S/C13H19BrN2O3S/c1-13(2,3)16-12(17)7-8-15-20(18,19)11-6-4-5-10(14)9-11/h4-6,9,15H,7-8H2,1-3H3,(H,16,17). The maximum Gasteiger partial charge on any atom is 0.240 e. The van der Waals surface area contributed by atoms with Crippen LogP contribution in [0.15, 0.2) is 33.6 Å². The molecule has 0 saturated carbocycles. The average Bonchev–Trinajstić information content (AvgIpc) is 2.26. The highest BCUT2D eigenvalue weighted by molar-refractivity contribution is 9.10. The number of rotatable bonds is 5. The van der Waals surface area contributed by atoms with Gasteiger partial charge in [-0.05, 0) is 39.0 Å². The number of nitrogens with one attached hydrogen (secondary N) is 2. The third-order valence-electron chi connectivity index (χ3n) is 2.26. The largest absolute Gasteiger partial charge is 0.351 e. The van der Waals surface area contributed by atoms with E-state index in [2.05, 4.69) is 26.0 Å². The Hall–Kier alpha value is -0.920. The van der Waals surface area contributed by atoms with Gasteiger partial charge in [-0.1, -0.05) is 22.0 Å². The minimum Gasteiger partial charge on any atom is -0.351 e. The Bertz CT molecular complexity index is 580. The summed E-state index contributed by atoms with van der Waals surface area (Å²) < 4.78 is 27.1. The fourth-order valence-corrected chi connectivity index (χ4v) is 3.13. The maximum atomic E-state index is 12.0. The van der Waals surface area contributed by atoms with Gasteiger partial charge in [0.15, 0.2) is 0 Å². The van der Waals surface area contributed by atoms with E-state index in [-0.39, 0.29) is 29.3 Å². The van der Waals surface area contributed by atoms with Crippen molar-refractivity contribution >= 4 is 31.9 Å². The Labute approximate surface area is 128 Å². The van der Waals surface area contributed by atoms with Crippen molar-refractivity contribution in [2.75, 3.05) is 6.54 Å². The van der Waals surface area contributed by atoms with Crippen LogP contribution in [0.3, 0.4) is 0 Å². The molecular formula is C13H19BrN2O3S. The van der Waals surface area contributed by atoms with Crippen molar-refractivity contribution in [1.82, 2.24) is 10.0 Å². The summed E-state index contributed by atoms with van der Waals surface area (Å²) in [5.74, 6) is -0.186. The van der Waals surface area contributed by atoms with Gasteiger partial charge in [-0.25, -0.2) is 13.1 Å².